The van der Waals surface area contributed by atoms with Gasteiger partial charge in [0.05, 0.1) is 13.2 Å². The smallest absolute Gasteiger partial charge is 0.341 e. The zero-order chi connectivity index (χ0) is 8.98. The lowest BCUT2D eigenvalue weighted by atomic mass is 9.80. The van der Waals surface area contributed by atoms with Gasteiger partial charge in [-0.2, -0.15) is 0 Å². The monoisotopic (exact) mass is 170 g/mol. The minimum absolute atomic E-state index is 0.0508. The van der Waals surface area contributed by atoms with E-state index in [4.69, 9.17) is 9.47 Å². The van der Waals surface area contributed by atoms with Crippen LogP contribution in [-0.4, -0.2) is 24.8 Å². The molecule has 0 aromatic heterocycles. The zero-order valence-electron chi connectivity index (χ0n) is 7.72. The van der Waals surface area contributed by atoms with Gasteiger partial charge in [-0.05, 0) is 12.8 Å². The summed E-state index contributed by atoms with van der Waals surface area (Å²) in [6, 6.07) is 0. The minimum atomic E-state index is -0.595. The molecule has 2 rings (SSSR count). The lowest BCUT2D eigenvalue weighted by Crippen LogP contribution is -2.39. The standard InChI is InChI=1S/C9H14O3/c1-8(2)5-4-6-9(8,12-6)7(10)11-3/h6H,4-5H2,1-3H3. The van der Waals surface area contributed by atoms with E-state index >= 15 is 0 Å². The fourth-order valence-electron chi connectivity index (χ4n) is 2.33. The summed E-state index contributed by atoms with van der Waals surface area (Å²) in [5, 5.41) is 0. The summed E-state index contributed by atoms with van der Waals surface area (Å²) >= 11 is 0. The molecule has 0 N–H and O–H groups in total. The van der Waals surface area contributed by atoms with Crippen molar-refractivity contribution in [3.05, 3.63) is 0 Å². The van der Waals surface area contributed by atoms with Crippen LogP contribution >= 0.6 is 0 Å². The molecule has 1 aliphatic heterocycles. The Morgan fingerprint density at radius 3 is 2.58 bits per heavy atom. The number of ether oxygens (including phenoxy) is 2. The van der Waals surface area contributed by atoms with Gasteiger partial charge in [-0.15, -0.1) is 0 Å². The Kier molecular flexibility index (Phi) is 1.35. The molecule has 2 unspecified atom stereocenters. The van der Waals surface area contributed by atoms with Crippen LogP contribution in [0.5, 0.6) is 0 Å². The highest BCUT2D eigenvalue weighted by molar-refractivity contribution is 5.85. The van der Waals surface area contributed by atoms with E-state index in [1.807, 2.05) is 0 Å². The minimum Gasteiger partial charge on any atom is -0.467 e. The first-order chi connectivity index (χ1) is 5.54. The number of carbonyl (C=O) groups excluding carboxylic acids is 1. The molecular formula is C9H14O3. The van der Waals surface area contributed by atoms with Crippen LogP contribution in [0.3, 0.4) is 0 Å². The number of rotatable bonds is 1. The van der Waals surface area contributed by atoms with E-state index in [9.17, 15) is 4.79 Å². The van der Waals surface area contributed by atoms with Crippen molar-refractivity contribution in [3.63, 3.8) is 0 Å². The van der Waals surface area contributed by atoms with Crippen LogP contribution < -0.4 is 0 Å². The third-order valence-electron chi connectivity index (χ3n) is 3.25. The van der Waals surface area contributed by atoms with Crippen LogP contribution in [0.4, 0.5) is 0 Å². The molecule has 0 spiro atoms. The predicted octanol–water partition coefficient (Wildman–Crippen LogP) is 1.12. The Balaban J connectivity index is 2.28. The first-order valence-corrected chi connectivity index (χ1v) is 4.31. The topological polar surface area (TPSA) is 38.8 Å². The number of carbonyl (C=O) groups is 1. The van der Waals surface area contributed by atoms with Gasteiger partial charge in [0, 0.05) is 5.41 Å². The van der Waals surface area contributed by atoms with Crippen LogP contribution in [0.2, 0.25) is 0 Å². The third-order valence-corrected chi connectivity index (χ3v) is 3.25. The largest absolute Gasteiger partial charge is 0.467 e. The SMILES string of the molecule is COC(=O)C12OC1CCC2(C)C. The van der Waals surface area contributed by atoms with Crippen LogP contribution in [0, 0.1) is 5.41 Å². The number of epoxide rings is 1. The molecule has 68 valence electrons. The van der Waals surface area contributed by atoms with Gasteiger partial charge < -0.3 is 9.47 Å². The van der Waals surface area contributed by atoms with Gasteiger partial charge in [0.1, 0.15) is 0 Å². The van der Waals surface area contributed by atoms with Gasteiger partial charge in [0.15, 0.2) is 5.60 Å². The second-order valence-corrected chi connectivity index (χ2v) is 4.26. The fraction of sp³-hybridized carbons (Fsp3) is 0.889. The van der Waals surface area contributed by atoms with Gasteiger partial charge in [-0.25, -0.2) is 4.79 Å². The molecule has 3 nitrogen and oxygen atoms in total. The molecule has 2 fully saturated rings. The van der Waals surface area contributed by atoms with Crippen molar-refractivity contribution in [1.29, 1.82) is 0 Å². The quantitative estimate of drug-likeness (QED) is 0.437. The summed E-state index contributed by atoms with van der Waals surface area (Å²) in [7, 11) is 1.42. The van der Waals surface area contributed by atoms with Gasteiger partial charge in [-0.3, -0.25) is 0 Å². The molecule has 1 saturated carbocycles. The van der Waals surface area contributed by atoms with Crippen LogP contribution in [0.25, 0.3) is 0 Å². The zero-order valence-corrected chi connectivity index (χ0v) is 7.72. The maximum Gasteiger partial charge on any atom is 0.341 e. The Hall–Kier alpha value is -0.570. The van der Waals surface area contributed by atoms with Gasteiger partial charge in [0.2, 0.25) is 0 Å². The highest BCUT2D eigenvalue weighted by Gasteiger charge is 2.74. The van der Waals surface area contributed by atoms with Crippen molar-refractivity contribution < 1.29 is 14.3 Å². The van der Waals surface area contributed by atoms with Crippen LogP contribution in [0.15, 0.2) is 0 Å². The molecule has 1 saturated heterocycles. The van der Waals surface area contributed by atoms with Crippen molar-refractivity contribution in [2.24, 2.45) is 5.41 Å². The second kappa shape index (κ2) is 2.02. The molecule has 0 amide bonds. The maximum atomic E-state index is 11.4. The summed E-state index contributed by atoms with van der Waals surface area (Å²) in [5.74, 6) is -0.199. The number of methoxy groups -OCH3 is 1. The summed E-state index contributed by atoms with van der Waals surface area (Å²) in [5.41, 5.74) is -0.646. The Bertz CT molecular complexity index is 234. The molecule has 0 aromatic carbocycles. The summed E-state index contributed by atoms with van der Waals surface area (Å²) < 4.78 is 10.2. The van der Waals surface area contributed by atoms with Crippen molar-refractivity contribution in [1.82, 2.24) is 0 Å². The Morgan fingerprint density at radius 1 is 1.58 bits per heavy atom. The number of fused-ring (bicyclic) bond motifs is 1. The van der Waals surface area contributed by atoms with E-state index in [1.54, 1.807) is 0 Å². The fourth-order valence-corrected chi connectivity index (χ4v) is 2.33. The summed E-state index contributed by atoms with van der Waals surface area (Å²) in [6.07, 6.45) is 2.16. The van der Waals surface area contributed by atoms with E-state index in [1.165, 1.54) is 7.11 Å². The van der Waals surface area contributed by atoms with E-state index in [-0.39, 0.29) is 17.5 Å². The van der Waals surface area contributed by atoms with Gasteiger partial charge >= 0.3 is 5.97 Å². The van der Waals surface area contributed by atoms with Crippen LogP contribution in [-0.2, 0) is 14.3 Å². The molecule has 2 aliphatic rings. The summed E-state index contributed by atoms with van der Waals surface area (Å²) in [6.45, 7) is 4.13. The molecule has 0 bridgehead atoms. The molecule has 0 radical (unpaired) electrons. The molecule has 1 aliphatic carbocycles. The first-order valence-electron chi connectivity index (χ1n) is 4.31. The maximum absolute atomic E-state index is 11.4. The van der Waals surface area contributed by atoms with Crippen molar-refractivity contribution in [2.75, 3.05) is 7.11 Å². The van der Waals surface area contributed by atoms with Gasteiger partial charge in [-0.1, -0.05) is 13.8 Å². The molecule has 0 aromatic rings. The molecular weight excluding hydrogens is 156 g/mol. The van der Waals surface area contributed by atoms with Crippen LogP contribution in [0.1, 0.15) is 26.7 Å². The Labute approximate surface area is 72.0 Å². The predicted molar refractivity (Wildman–Crippen MR) is 42.6 cm³/mol. The lowest BCUT2D eigenvalue weighted by Gasteiger charge is -2.25. The van der Waals surface area contributed by atoms with E-state index in [2.05, 4.69) is 13.8 Å². The average molecular weight is 170 g/mol. The van der Waals surface area contributed by atoms with E-state index in [0.29, 0.717) is 0 Å². The Morgan fingerprint density at radius 2 is 2.25 bits per heavy atom. The average Bonchev–Trinajstić information content (AvgIpc) is 2.70. The highest BCUT2D eigenvalue weighted by atomic mass is 16.7. The van der Waals surface area contributed by atoms with Crippen molar-refractivity contribution in [2.45, 2.75) is 38.4 Å². The number of hydrogen-bond acceptors (Lipinski definition) is 3. The number of esters is 1. The normalized spacial score (nSPS) is 42.1. The third kappa shape index (κ3) is 0.678. The molecule has 2 atom stereocenters. The molecule has 1 heterocycles. The van der Waals surface area contributed by atoms with Gasteiger partial charge in [0.25, 0.3) is 0 Å². The highest BCUT2D eigenvalue weighted by Crippen LogP contribution is 2.61. The van der Waals surface area contributed by atoms with E-state index < -0.39 is 5.60 Å². The first kappa shape index (κ1) is 8.05. The molecule has 12 heavy (non-hydrogen) atoms. The van der Waals surface area contributed by atoms with E-state index in [0.717, 1.165) is 12.8 Å². The number of hydrogen-bond donors (Lipinski definition) is 0. The molecule has 3 heteroatoms. The summed E-state index contributed by atoms with van der Waals surface area (Å²) in [4.78, 5) is 11.4. The van der Waals surface area contributed by atoms with Crippen molar-refractivity contribution >= 4 is 5.97 Å². The van der Waals surface area contributed by atoms with Crippen molar-refractivity contribution in [3.8, 4) is 0 Å². The second-order valence-electron chi connectivity index (χ2n) is 4.26. The lowest BCUT2D eigenvalue weighted by molar-refractivity contribution is -0.151.